The Labute approximate surface area is 83.5 Å². The molecule has 1 N–H and O–H groups in total. The van der Waals surface area contributed by atoms with Crippen LogP contribution in [0.5, 0.6) is 0 Å². The van der Waals surface area contributed by atoms with Gasteiger partial charge >= 0.3 is 23.9 Å². The third-order valence-electron chi connectivity index (χ3n) is 1.43. The first-order valence-electron chi connectivity index (χ1n) is 3.16. The predicted octanol–water partition coefficient (Wildman–Crippen LogP) is 2.41. The summed E-state index contributed by atoms with van der Waals surface area (Å²) in [5.41, 5.74) is 0. The van der Waals surface area contributed by atoms with E-state index in [9.17, 15) is 35.1 Å². The van der Waals surface area contributed by atoms with Crippen molar-refractivity contribution in [1.29, 1.82) is 0 Å². The minimum Gasteiger partial charge on any atom is -0.331 e. The minimum absolute atomic E-state index is 2.08. The molecule has 0 aromatic carbocycles. The number of halogens is 8. The zero-order valence-corrected chi connectivity index (χ0v) is 7.52. The van der Waals surface area contributed by atoms with Crippen LogP contribution >= 0.6 is 12.6 Å². The minimum atomic E-state index is -6.59. The van der Waals surface area contributed by atoms with Gasteiger partial charge in [-0.25, -0.2) is 0 Å². The van der Waals surface area contributed by atoms with Crippen molar-refractivity contribution in [2.75, 3.05) is 5.75 Å². The summed E-state index contributed by atoms with van der Waals surface area (Å²) in [5.74, 6) is -20.6. The van der Waals surface area contributed by atoms with Crippen LogP contribution < -0.4 is 0 Å². The SMILES string of the molecule is OC(F)(F)C(F)(F)C(F)(F)C(F)(F)CS. The van der Waals surface area contributed by atoms with E-state index in [0.29, 0.717) is 0 Å². The highest BCUT2D eigenvalue weighted by molar-refractivity contribution is 7.80. The highest BCUT2D eigenvalue weighted by Crippen LogP contribution is 2.51. The molecule has 0 fully saturated rings. The van der Waals surface area contributed by atoms with Gasteiger partial charge in [-0.1, -0.05) is 0 Å². The van der Waals surface area contributed by atoms with Gasteiger partial charge in [0.05, 0.1) is 5.75 Å². The maximum absolute atomic E-state index is 12.3. The standard InChI is InChI=1S/C5H4F8OS/c6-2(7,1-15)3(8,9)4(10,11)5(12,13)14/h14-15H,1H2. The van der Waals surface area contributed by atoms with Gasteiger partial charge in [-0.3, -0.25) is 0 Å². The Morgan fingerprint density at radius 1 is 0.800 bits per heavy atom. The van der Waals surface area contributed by atoms with Crippen molar-refractivity contribution in [3.63, 3.8) is 0 Å². The number of rotatable bonds is 4. The highest BCUT2D eigenvalue weighted by atomic mass is 32.1. The molecule has 0 atom stereocenters. The maximum Gasteiger partial charge on any atom is 0.423 e. The molecule has 10 heteroatoms. The third-order valence-corrected chi connectivity index (χ3v) is 1.83. The molecule has 0 aliphatic carbocycles. The van der Waals surface area contributed by atoms with Crippen LogP contribution in [0.4, 0.5) is 35.1 Å². The largest absolute Gasteiger partial charge is 0.423 e. The van der Waals surface area contributed by atoms with E-state index in [1.165, 1.54) is 0 Å². The number of aliphatic hydroxyl groups is 1. The lowest BCUT2D eigenvalue weighted by molar-refractivity contribution is -0.413. The van der Waals surface area contributed by atoms with E-state index in [1.54, 1.807) is 0 Å². The molecule has 0 aliphatic rings. The van der Waals surface area contributed by atoms with Crippen LogP contribution in [0.25, 0.3) is 0 Å². The molecule has 0 saturated carbocycles. The second-order valence-electron chi connectivity index (χ2n) is 2.55. The molecule has 0 heterocycles. The molecule has 0 aromatic rings. The summed E-state index contributed by atoms with van der Waals surface area (Å²) in [6.45, 7) is 0. The molecule has 0 unspecified atom stereocenters. The summed E-state index contributed by atoms with van der Waals surface area (Å²) >= 11 is 2.63. The second kappa shape index (κ2) is 3.65. The van der Waals surface area contributed by atoms with Gasteiger partial charge in [0.2, 0.25) is 0 Å². The molecule has 0 rings (SSSR count). The van der Waals surface area contributed by atoms with E-state index in [0.717, 1.165) is 0 Å². The number of alkyl halides is 8. The summed E-state index contributed by atoms with van der Waals surface area (Å²) in [6.07, 6.45) is -6.26. The molecule has 92 valence electrons. The van der Waals surface area contributed by atoms with Crippen molar-refractivity contribution in [1.82, 2.24) is 0 Å². The summed E-state index contributed by atoms with van der Waals surface area (Å²) in [5, 5.41) is 7.42. The zero-order chi connectivity index (χ0) is 12.7. The molecule has 0 bridgehead atoms. The van der Waals surface area contributed by atoms with Crippen molar-refractivity contribution < 1.29 is 40.2 Å². The molecule has 0 spiro atoms. The summed E-state index contributed by atoms with van der Waals surface area (Å²) in [4.78, 5) is 0. The van der Waals surface area contributed by atoms with Crippen molar-refractivity contribution >= 4 is 12.6 Å². The Kier molecular flexibility index (Phi) is 3.59. The number of thiol groups is 1. The average Bonchev–Trinajstić information content (AvgIpc) is 2.01. The van der Waals surface area contributed by atoms with E-state index in [4.69, 9.17) is 5.11 Å². The van der Waals surface area contributed by atoms with Gasteiger partial charge in [-0.2, -0.15) is 47.8 Å². The summed E-state index contributed by atoms with van der Waals surface area (Å²) in [7, 11) is 0. The number of hydrogen-bond acceptors (Lipinski definition) is 2. The molecule has 0 amide bonds. The molecule has 0 radical (unpaired) electrons. The van der Waals surface area contributed by atoms with Gasteiger partial charge in [0.1, 0.15) is 0 Å². The van der Waals surface area contributed by atoms with Crippen LogP contribution in [0.3, 0.4) is 0 Å². The van der Waals surface area contributed by atoms with Crippen LogP contribution in [0, 0.1) is 0 Å². The van der Waals surface area contributed by atoms with Crippen LogP contribution in [-0.4, -0.2) is 34.7 Å². The maximum atomic E-state index is 12.3. The van der Waals surface area contributed by atoms with E-state index < -0.39 is 29.6 Å². The normalized spacial score (nSPS) is 15.6. The monoisotopic (exact) mass is 264 g/mol. The lowest BCUT2D eigenvalue weighted by Gasteiger charge is -2.33. The van der Waals surface area contributed by atoms with E-state index in [2.05, 4.69) is 12.6 Å². The molecule has 15 heavy (non-hydrogen) atoms. The van der Waals surface area contributed by atoms with Gasteiger partial charge in [0, 0.05) is 0 Å². The second-order valence-corrected chi connectivity index (χ2v) is 2.87. The predicted molar refractivity (Wildman–Crippen MR) is 35.9 cm³/mol. The average molecular weight is 264 g/mol. The van der Waals surface area contributed by atoms with Crippen LogP contribution in [-0.2, 0) is 0 Å². The smallest absolute Gasteiger partial charge is 0.331 e. The topological polar surface area (TPSA) is 20.2 Å². The molecule has 1 nitrogen and oxygen atoms in total. The Bertz CT molecular complexity index is 234. The zero-order valence-electron chi connectivity index (χ0n) is 6.63. The van der Waals surface area contributed by atoms with Crippen LogP contribution in [0.15, 0.2) is 0 Å². The first-order chi connectivity index (χ1) is 6.31. The third kappa shape index (κ3) is 2.14. The first-order valence-corrected chi connectivity index (χ1v) is 3.79. The lowest BCUT2D eigenvalue weighted by Crippen LogP contribution is -2.62. The van der Waals surface area contributed by atoms with Crippen LogP contribution in [0.2, 0.25) is 0 Å². The molecule has 0 aromatic heterocycles. The van der Waals surface area contributed by atoms with E-state index >= 15 is 0 Å². The fraction of sp³-hybridized carbons (Fsp3) is 1.00. The quantitative estimate of drug-likeness (QED) is 0.590. The van der Waals surface area contributed by atoms with Gasteiger partial charge in [0.15, 0.2) is 0 Å². The van der Waals surface area contributed by atoms with Crippen molar-refractivity contribution in [2.24, 2.45) is 0 Å². The molecule has 0 saturated heterocycles. The summed E-state index contributed by atoms with van der Waals surface area (Å²) < 4.78 is 96.5. The van der Waals surface area contributed by atoms with E-state index in [1.807, 2.05) is 0 Å². The molecular formula is C5H4F8OS. The van der Waals surface area contributed by atoms with Gasteiger partial charge in [-0.05, 0) is 0 Å². The van der Waals surface area contributed by atoms with Gasteiger partial charge in [-0.15, -0.1) is 0 Å². The Morgan fingerprint density at radius 2 is 1.13 bits per heavy atom. The fourth-order valence-corrected chi connectivity index (χ4v) is 0.716. The van der Waals surface area contributed by atoms with Gasteiger partial charge < -0.3 is 5.11 Å². The fourth-order valence-electron chi connectivity index (χ4n) is 0.518. The lowest BCUT2D eigenvalue weighted by atomic mass is 10.1. The van der Waals surface area contributed by atoms with Crippen LogP contribution in [0.1, 0.15) is 0 Å². The Hall–Kier alpha value is -0.250. The van der Waals surface area contributed by atoms with Crippen molar-refractivity contribution in [3.05, 3.63) is 0 Å². The number of hydrogen-bond donors (Lipinski definition) is 2. The Balaban J connectivity index is 5.38. The molecule has 0 aliphatic heterocycles. The van der Waals surface area contributed by atoms with Gasteiger partial charge in [0.25, 0.3) is 0 Å². The van der Waals surface area contributed by atoms with Crippen molar-refractivity contribution in [3.8, 4) is 0 Å². The van der Waals surface area contributed by atoms with E-state index in [-0.39, 0.29) is 0 Å². The molecular weight excluding hydrogens is 260 g/mol. The Morgan fingerprint density at radius 3 is 1.33 bits per heavy atom. The summed E-state index contributed by atoms with van der Waals surface area (Å²) in [6, 6.07) is 0. The highest BCUT2D eigenvalue weighted by Gasteiger charge is 2.80. The van der Waals surface area contributed by atoms with Crippen molar-refractivity contribution in [2.45, 2.75) is 23.9 Å². The first kappa shape index (κ1) is 14.8.